The average molecular weight is 290 g/mol. The molecule has 0 bridgehead atoms. The van der Waals surface area contributed by atoms with Crippen LogP contribution >= 0.6 is 12.2 Å². The molecule has 0 aliphatic heterocycles. The van der Waals surface area contributed by atoms with Gasteiger partial charge in [0.2, 0.25) is 4.77 Å². The van der Waals surface area contributed by atoms with Crippen molar-refractivity contribution < 1.29 is 4.74 Å². The van der Waals surface area contributed by atoms with E-state index in [-0.39, 0.29) is 0 Å². The first kappa shape index (κ1) is 14.5. The number of aromatic nitrogens is 3. The van der Waals surface area contributed by atoms with Crippen LogP contribution in [-0.2, 0) is 6.42 Å². The smallest absolute Gasteiger partial charge is 0.216 e. The molecule has 0 aliphatic rings. The van der Waals surface area contributed by atoms with Crippen LogP contribution in [-0.4, -0.2) is 27.7 Å². The Balaban J connectivity index is 2.18. The first-order valence-corrected chi connectivity index (χ1v) is 7.09. The zero-order valence-electron chi connectivity index (χ0n) is 11.7. The van der Waals surface area contributed by atoms with Gasteiger partial charge in [0.05, 0.1) is 12.8 Å². The molecule has 1 aromatic heterocycles. The van der Waals surface area contributed by atoms with Crippen LogP contribution in [0.1, 0.15) is 31.7 Å². The molecule has 0 fully saturated rings. The average Bonchev–Trinajstić information content (AvgIpc) is 2.83. The number of aromatic amines is 1. The molecule has 2 aromatic rings. The van der Waals surface area contributed by atoms with Crippen LogP contribution in [0.2, 0.25) is 0 Å². The fourth-order valence-electron chi connectivity index (χ4n) is 1.70. The lowest BCUT2D eigenvalue weighted by Crippen LogP contribution is -1.98. The van der Waals surface area contributed by atoms with Crippen LogP contribution in [0.25, 0.3) is 0 Å². The molecule has 0 saturated carbocycles. The van der Waals surface area contributed by atoms with Crippen molar-refractivity contribution in [2.75, 3.05) is 6.61 Å². The molecule has 0 amide bonds. The first-order chi connectivity index (χ1) is 9.74. The lowest BCUT2D eigenvalue weighted by atomic mass is 10.2. The molecule has 0 saturated heterocycles. The molecule has 106 valence electrons. The van der Waals surface area contributed by atoms with Crippen molar-refractivity contribution in [1.29, 1.82) is 0 Å². The van der Waals surface area contributed by atoms with Gasteiger partial charge in [0, 0.05) is 6.42 Å². The topological polar surface area (TPSA) is 55.2 Å². The molecule has 1 aromatic carbocycles. The quantitative estimate of drug-likeness (QED) is 0.656. The minimum atomic E-state index is 0.497. The van der Waals surface area contributed by atoms with E-state index in [1.807, 2.05) is 31.2 Å². The van der Waals surface area contributed by atoms with Gasteiger partial charge in [-0.2, -0.15) is 14.9 Å². The zero-order chi connectivity index (χ0) is 14.4. The number of ether oxygens (including phenoxy) is 1. The van der Waals surface area contributed by atoms with E-state index in [1.54, 1.807) is 10.9 Å². The van der Waals surface area contributed by atoms with Crippen molar-refractivity contribution in [1.82, 2.24) is 14.9 Å². The van der Waals surface area contributed by atoms with Crippen molar-refractivity contribution in [2.45, 2.75) is 26.7 Å². The van der Waals surface area contributed by atoms with Crippen molar-refractivity contribution >= 4 is 18.4 Å². The van der Waals surface area contributed by atoms with Gasteiger partial charge in [-0.3, -0.25) is 5.10 Å². The Morgan fingerprint density at radius 3 is 3.05 bits per heavy atom. The Labute approximate surface area is 123 Å². The minimum absolute atomic E-state index is 0.497. The highest BCUT2D eigenvalue weighted by Gasteiger charge is 2.01. The summed E-state index contributed by atoms with van der Waals surface area (Å²) in [6.07, 6.45) is 3.51. The third-order valence-electron chi connectivity index (χ3n) is 2.69. The van der Waals surface area contributed by atoms with Crippen molar-refractivity contribution in [3.8, 4) is 5.75 Å². The van der Waals surface area contributed by atoms with Crippen molar-refractivity contribution in [3.63, 3.8) is 0 Å². The van der Waals surface area contributed by atoms with E-state index in [4.69, 9.17) is 17.0 Å². The molecule has 1 heterocycles. The van der Waals surface area contributed by atoms with E-state index in [2.05, 4.69) is 22.2 Å². The van der Waals surface area contributed by atoms with Gasteiger partial charge < -0.3 is 4.74 Å². The maximum absolute atomic E-state index is 5.59. The summed E-state index contributed by atoms with van der Waals surface area (Å²) >= 11 is 5.14. The molecular weight excluding hydrogens is 272 g/mol. The Morgan fingerprint density at radius 2 is 2.30 bits per heavy atom. The Kier molecular flexibility index (Phi) is 5.06. The number of nitrogens with zero attached hydrogens (tertiary/aromatic N) is 3. The van der Waals surface area contributed by atoms with Crippen LogP contribution in [0.4, 0.5) is 0 Å². The maximum atomic E-state index is 5.59. The van der Waals surface area contributed by atoms with Crippen LogP contribution in [0.15, 0.2) is 29.4 Å². The number of H-pyrrole nitrogens is 1. The lowest BCUT2D eigenvalue weighted by molar-refractivity contribution is 0.317. The summed E-state index contributed by atoms with van der Waals surface area (Å²) in [6, 6.07) is 7.81. The fourth-order valence-corrected chi connectivity index (χ4v) is 1.90. The number of aryl methyl sites for hydroxylation is 1. The van der Waals surface area contributed by atoms with Gasteiger partial charge >= 0.3 is 0 Å². The van der Waals surface area contributed by atoms with Crippen LogP contribution < -0.4 is 4.74 Å². The van der Waals surface area contributed by atoms with E-state index < -0.39 is 0 Å². The molecule has 0 atom stereocenters. The number of rotatable bonds is 6. The Bertz CT molecular complexity index is 645. The SMILES string of the molecule is CCCOc1cccc(/C=N/n2c(CC)n[nH]c2=S)c1. The van der Waals surface area contributed by atoms with Crippen LogP contribution in [0.5, 0.6) is 5.75 Å². The summed E-state index contributed by atoms with van der Waals surface area (Å²) in [5, 5.41) is 11.2. The third kappa shape index (κ3) is 3.54. The van der Waals surface area contributed by atoms with Gasteiger partial charge in [0.1, 0.15) is 5.75 Å². The van der Waals surface area contributed by atoms with Gasteiger partial charge in [-0.25, -0.2) is 0 Å². The summed E-state index contributed by atoms with van der Waals surface area (Å²) in [5.41, 5.74) is 0.962. The summed E-state index contributed by atoms with van der Waals surface area (Å²) in [4.78, 5) is 0. The van der Waals surface area contributed by atoms with Crippen molar-refractivity contribution in [3.05, 3.63) is 40.4 Å². The third-order valence-corrected chi connectivity index (χ3v) is 2.95. The van der Waals surface area contributed by atoms with Gasteiger partial charge in [-0.15, -0.1) is 0 Å². The van der Waals surface area contributed by atoms with Crippen LogP contribution in [0, 0.1) is 4.77 Å². The second kappa shape index (κ2) is 7.00. The van der Waals surface area contributed by atoms with E-state index in [0.29, 0.717) is 11.4 Å². The fraction of sp³-hybridized carbons (Fsp3) is 0.357. The van der Waals surface area contributed by atoms with Gasteiger partial charge in [0.25, 0.3) is 0 Å². The number of nitrogens with one attached hydrogen (secondary N) is 1. The Morgan fingerprint density at radius 1 is 1.45 bits per heavy atom. The standard InChI is InChI=1S/C14H18N4OS/c1-3-8-19-12-7-5-6-11(9-12)10-15-18-13(4-2)16-17-14(18)20/h5-7,9-10H,3-4,8H2,1-2H3,(H,17,20)/b15-10+. The summed E-state index contributed by atoms with van der Waals surface area (Å²) < 4.78 is 7.72. The molecule has 2 rings (SSSR count). The Hall–Kier alpha value is -1.95. The normalized spacial score (nSPS) is 11.1. The predicted molar refractivity (Wildman–Crippen MR) is 82.0 cm³/mol. The highest BCUT2D eigenvalue weighted by atomic mass is 32.1. The summed E-state index contributed by atoms with van der Waals surface area (Å²) in [6.45, 7) is 4.81. The molecule has 0 unspecified atom stereocenters. The first-order valence-electron chi connectivity index (χ1n) is 6.68. The monoisotopic (exact) mass is 290 g/mol. The largest absolute Gasteiger partial charge is 0.494 e. The van der Waals surface area contributed by atoms with E-state index in [1.165, 1.54) is 0 Å². The minimum Gasteiger partial charge on any atom is -0.494 e. The second-order valence-electron chi connectivity index (χ2n) is 4.28. The maximum Gasteiger partial charge on any atom is 0.216 e. The lowest BCUT2D eigenvalue weighted by Gasteiger charge is -2.04. The van der Waals surface area contributed by atoms with E-state index in [9.17, 15) is 0 Å². The molecule has 0 spiro atoms. The van der Waals surface area contributed by atoms with Gasteiger partial charge in [0.15, 0.2) is 5.82 Å². The summed E-state index contributed by atoms with van der Waals surface area (Å²) in [7, 11) is 0. The predicted octanol–water partition coefficient (Wildman–Crippen LogP) is 3.17. The van der Waals surface area contributed by atoms with Crippen molar-refractivity contribution in [2.24, 2.45) is 5.10 Å². The molecule has 20 heavy (non-hydrogen) atoms. The van der Waals surface area contributed by atoms with Gasteiger partial charge in [-0.1, -0.05) is 26.0 Å². The number of benzene rings is 1. The number of hydrogen-bond donors (Lipinski definition) is 1. The van der Waals surface area contributed by atoms with E-state index in [0.717, 1.165) is 30.0 Å². The summed E-state index contributed by atoms with van der Waals surface area (Å²) in [5.74, 6) is 1.66. The number of hydrogen-bond acceptors (Lipinski definition) is 4. The second-order valence-corrected chi connectivity index (χ2v) is 4.66. The molecule has 0 radical (unpaired) electrons. The molecular formula is C14H18N4OS. The molecule has 0 aliphatic carbocycles. The van der Waals surface area contributed by atoms with Gasteiger partial charge in [-0.05, 0) is 36.3 Å². The highest BCUT2D eigenvalue weighted by Crippen LogP contribution is 2.12. The van der Waals surface area contributed by atoms with Crippen LogP contribution in [0.3, 0.4) is 0 Å². The highest BCUT2D eigenvalue weighted by molar-refractivity contribution is 7.71. The molecule has 5 nitrogen and oxygen atoms in total. The molecule has 6 heteroatoms. The zero-order valence-corrected chi connectivity index (χ0v) is 12.5. The van der Waals surface area contributed by atoms with E-state index >= 15 is 0 Å². The molecule has 1 N–H and O–H groups in total.